The minimum atomic E-state index is -1.11. The summed E-state index contributed by atoms with van der Waals surface area (Å²) in [5.41, 5.74) is 1.81. The number of hydrogen-bond acceptors (Lipinski definition) is 3. The monoisotopic (exact) mass is 311 g/mol. The lowest BCUT2D eigenvalue weighted by atomic mass is 10.1. The van der Waals surface area contributed by atoms with Gasteiger partial charge >= 0.3 is 5.97 Å². The van der Waals surface area contributed by atoms with Crippen molar-refractivity contribution in [1.29, 1.82) is 0 Å². The van der Waals surface area contributed by atoms with Crippen LogP contribution in [-0.2, 0) is 11.3 Å². The lowest BCUT2D eigenvalue weighted by Gasteiger charge is -2.08. The van der Waals surface area contributed by atoms with E-state index in [2.05, 4.69) is 4.98 Å². The fourth-order valence-corrected chi connectivity index (χ4v) is 2.33. The number of halogens is 2. The summed E-state index contributed by atoms with van der Waals surface area (Å²) >= 11 is 12.0. The number of benzene rings is 1. The molecule has 104 valence electrons. The Balaban J connectivity index is 2.54. The Bertz CT molecular complexity index is 659. The van der Waals surface area contributed by atoms with Crippen LogP contribution in [0.4, 0.5) is 0 Å². The largest absolute Gasteiger partial charge is 0.478 e. The molecule has 0 unspecified atom stereocenters. The van der Waals surface area contributed by atoms with Crippen LogP contribution in [0.1, 0.15) is 16.1 Å². The molecule has 0 saturated carbocycles. The van der Waals surface area contributed by atoms with Crippen molar-refractivity contribution in [1.82, 2.24) is 4.98 Å². The number of hydrogen-bond donors (Lipinski definition) is 1. The number of pyridine rings is 1. The standard InChI is InChI=1S/C14H11Cl2NO3/c1-20-7-8-3-2-4-13(17-8)9-5-10(14(18)19)12(16)6-11(9)15/h2-6H,7H2,1H3,(H,18,19). The fourth-order valence-electron chi connectivity index (χ4n) is 1.77. The zero-order chi connectivity index (χ0) is 14.7. The van der Waals surface area contributed by atoms with Gasteiger partial charge in [0.25, 0.3) is 0 Å². The van der Waals surface area contributed by atoms with E-state index in [1.165, 1.54) is 12.1 Å². The molecule has 1 heterocycles. The summed E-state index contributed by atoms with van der Waals surface area (Å²) in [4.78, 5) is 15.5. The minimum Gasteiger partial charge on any atom is -0.478 e. The minimum absolute atomic E-state index is 0.00925. The molecule has 0 radical (unpaired) electrons. The first-order valence-electron chi connectivity index (χ1n) is 5.70. The summed E-state index contributed by atoms with van der Waals surface area (Å²) in [6.45, 7) is 0.366. The van der Waals surface area contributed by atoms with E-state index in [4.69, 9.17) is 33.0 Å². The maximum atomic E-state index is 11.1. The van der Waals surface area contributed by atoms with Crippen molar-refractivity contribution in [2.45, 2.75) is 6.61 Å². The topological polar surface area (TPSA) is 59.4 Å². The first-order valence-corrected chi connectivity index (χ1v) is 6.46. The van der Waals surface area contributed by atoms with Gasteiger partial charge in [-0.3, -0.25) is 4.98 Å². The number of ether oxygens (including phenoxy) is 1. The number of carbonyl (C=O) groups is 1. The summed E-state index contributed by atoms with van der Waals surface area (Å²) in [6.07, 6.45) is 0. The van der Waals surface area contributed by atoms with Gasteiger partial charge in [-0.15, -0.1) is 0 Å². The van der Waals surface area contributed by atoms with Crippen molar-refractivity contribution < 1.29 is 14.6 Å². The highest BCUT2D eigenvalue weighted by molar-refractivity contribution is 6.38. The predicted octanol–water partition coefficient (Wildman–Crippen LogP) is 3.90. The summed E-state index contributed by atoms with van der Waals surface area (Å²) in [5, 5.41) is 9.54. The Morgan fingerprint density at radius 2 is 2.05 bits per heavy atom. The van der Waals surface area contributed by atoms with Gasteiger partial charge in [-0.05, 0) is 24.3 Å². The lowest BCUT2D eigenvalue weighted by Crippen LogP contribution is -1.99. The molecule has 0 amide bonds. The molecule has 2 aromatic rings. The number of carboxylic acid groups (broad SMARTS) is 1. The first-order chi connectivity index (χ1) is 9.52. The quantitative estimate of drug-likeness (QED) is 0.930. The number of nitrogens with zero attached hydrogens (tertiary/aromatic N) is 1. The predicted molar refractivity (Wildman–Crippen MR) is 77.4 cm³/mol. The van der Waals surface area contributed by atoms with E-state index in [1.54, 1.807) is 13.2 Å². The molecule has 0 spiro atoms. The third kappa shape index (κ3) is 3.10. The zero-order valence-corrected chi connectivity index (χ0v) is 12.1. The van der Waals surface area contributed by atoms with Crippen LogP contribution in [0.25, 0.3) is 11.3 Å². The summed E-state index contributed by atoms with van der Waals surface area (Å²) < 4.78 is 5.02. The summed E-state index contributed by atoms with van der Waals surface area (Å²) in [6, 6.07) is 8.20. The molecule has 1 aromatic heterocycles. The average Bonchev–Trinajstić information content (AvgIpc) is 2.39. The Morgan fingerprint density at radius 3 is 2.70 bits per heavy atom. The van der Waals surface area contributed by atoms with E-state index in [0.29, 0.717) is 22.9 Å². The van der Waals surface area contributed by atoms with E-state index in [-0.39, 0.29) is 10.6 Å². The van der Waals surface area contributed by atoms with Crippen molar-refractivity contribution in [2.75, 3.05) is 7.11 Å². The molecule has 4 nitrogen and oxygen atoms in total. The van der Waals surface area contributed by atoms with E-state index in [1.807, 2.05) is 12.1 Å². The third-order valence-electron chi connectivity index (χ3n) is 2.66. The average molecular weight is 312 g/mol. The third-order valence-corrected chi connectivity index (χ3v) is 3.29. The second-order valence-corrected chi connectivity index (χ2v) is 4.88. The molecule has 0 fully saturated rings. The van der Waals surface area contributed by atoms with Crippen LogP contribution in [0.15, 0.2) is 30.3 Å². The van der Waals surface area contributed by atoms with Crippen LogP contribution in [0, 0.1) is 0 Å². The van der Waals surface area contributed by atoms with Gasteiger partial charge < -0.3 is 9.84 Å². The first kappa shape index (κ1) is 14.8. The SMILES string of the molecule is COCc1cccc(-c2cc(C(=O)O)c(Cl)cc2Cl)n1. The molecule has 1 aromatic carbocycles. The van der Waals surface area contributed by atoms with Gasteiger partial charge in [-0.1, -0.05) is 29.3 Å². The summed E-state index contributed by atoms with van der Waals surface area (Å²) in [5.74, 6) is -1.11. The maximum absolute atomic E-state index is 11.1. The van der Waals surface area contributed by atoms with Crippen molar-refractivity contribution in [2.24, 2.45) is 0 Å². The number of aromatic nitrogens is 1. The molecular formula is C14H11Cl2NO3. The van der Waals surface area contributed by atoms with E-state index >= 15 is 0 Å². The van der Waals surface area contributed by atoms with Crippen LogP contribution >= 0.6 is 23.2 Å². The second kappa shape index (κ2) is 6.22. The highest BCUT2D eigenvalue weighted by Gasteiger charge is 2.15. The van der Waals surface area contributed by atoms with Crippen molar-refractivity contribution >= 4 is 29.2 Å². The van der Waals surface area contributed by atoms with Gasteiger partial charge in [0.05, 0.1) is 33.6 Å². The molecule has 2 rings (SSSR count). The molecule has 0 aliphatic rings. The molecule has 0 aliphatic heterocycles. The van der Waals surface area contributed by atoms with E-state index in [9.17, 15) is 4.79 Å². The number of aromatic carboxylic acids is 1. The molecule has 1 N–H and O–H groups in total. The smallest absolute Gasteiger partial charge is 0.337 e. The number of carboxylic acids is 1. The summed E-state index contributed by atoms with van der Waals surface area (Å²) in [7, 11) is 1.58. The number of methoxy groups -OCH3 is 1. The van der Waals surface area contributed by atoms with Gasteiger partial charge in [0.15, 0.2) is 0 Å². The van der Waals surface area contributed by atoms with Crippen LogP contribution < -0.4 is 0 Å². The Labute approximate surface area is 125 Å². The molecule has 0 bridgehead atoms. The van der Waals surface area contributed by atoms with Crippen molar-refractivity contribution in [3.8, 4) is 11.3 Å². The highest BCUT2D eigenvalue weighted by Crippen LogP contribution is 2.32. The number of rotatable bonds is 4. The molecule has 0 atom stereocenters. The van der Waals surface area contributed by atoms with Gasteiger partial charge in [-0.25, -0.2) is 4.79 Å². The van der Waals surface area contributed by atoms with E-state index in [0.717, 1.165) is 5.69 Å². The van der Waals surface area contributed by atoms with Crippen LogP contribution in [0.2, 0.25) is 10.0 Å². The zero-order valence-electron chi connectivity index (χ0n) is 10.6. The van der Waals surface area contributed by atoms with Crippen LogP contribution in [-0.4, -0.2) is 23.2 Å². The Kier molecular flexibility index (Phi) is 4.60. The van der Waals surface area contributed by atoms with Crippen LogP contribution in [0.3, 0.4) is 0 Å². The fraction of sp³-hybridized carbons (Fsp3) is 0.143. The second-order valence-electron chi connectivity index (χ2n) is 4.06. The molecule has 0 saturated heterocycles. The van der Waals surface area contributed by atoms with E-state index < -0.39 is 5.97 Å². The van der Waals surface area contributed by atoms with Crippen molar-refractivity contribution in [3.63, 3.8) is 0 Å². The normalized spacial score (nSPS) is 10.6. The van der Waals surface area contributed by atoms with Gasteiger partial charge in [0, 0.05) is 12.7 Å². The molecule has 0 aliphatic carbocycles. The van der Waals surface area contributed by atoms with Gasteiger partial charge in [0.2, 0.25) is 0 Å². The van der Waals surface area contributed by atoms with Gasteiger partial charge in [-0.2, -0.15) is 0 Å². The molecular weight excluding hydrogens is 301 g/mol. The lowest BCUT2D eigenvalue weighted by molar-refractivity contribution is 0.0697. The Morgan fingerprint density at radius 1 is 1.30 bits per heavy atom. The molecule has 20 heavy (non-hydrogen) atoms. The van der Waals surface area contributed by atoms with Gasteiger partial charge in [0.1, 0.15) is 0 Å². The maximum Gasteiger partial charge on any atom is 0.337 e. The molecule has 6 heteroatoms. The Hall–Kier alpha value is -1.62. The van der Waals surface area contributed by atoms with Crippen LogP contribution in [0.5, 0.6) is 0 Å². The van der Waals surface area contributed by atoms with Crippen molar-refractivity contribution in [3.05, 3.63) is 51.6 Å². The highest BCUT2D eigenvalue weighted by atomic mass is 35.5.